The fraction of sp³-hybridized carbons (Fsp3) is 0.700. The summed E-state index contributed by atoms with van der Waals surface area (Å²) >= 11 is 0. The minimum absolute atomic E-state index is 0.287. The molecule has 0 saturated heterocycles. The summed E-state index contributed by atoms with van der Waals surface area (Å²) in [6.07, 6.45) is 3.34. The third kappa shape index (κ3) is 5.35. The lowest BCUT2D eigenvalue weighted by molar-refractivity contribution is -0.120. The van der Waals surface area contributed by atoms with Gasteiger partial charge in [-0.05, 0) is 13.3 Å². The quantitative estimate of drug-likeness (QED) is 0.698. The zero-order valence-electron chi connectivity index (χ0n) is 11.3. The number of nitrogens with one attached hydrogen (secondary N) is 2. The molecule has 1 aromatic heterocycles. The lowest BCUT2D eigenvalue weighted by atomic mass is 10.3. The number of carbonyl (C=O) groups excluding carboxylic acids is 1. The molecule has 19 heavy (non-hydrogen) atoms. The van der Waals surface area contributed by atoms with E-state index in [4.69, 9.17) is 0 Å². The van der Waals surface area contributed by atoms with E-state index >= 15 is 0 Å². The van der Waals surface area contributed by atoms with E-state index in [1.165, 1.54) is 6.33 Å². The van der Waals surface area contributed by atoms with Crippen molar-refractivity contribution in [1.29, 1.82) is 0 Å². The van der Waals surface area contributed by atoms with Crippen LogP contribution in [0.4, 0.5) is 0 Å². The van der Waals surface area contributed by atoms with Gasteiger partial charge in [0, 0.05) is 6.54 Å². The van der Waals surface area contributed by atoms with Crippen LogP contribution in [-0.4, -0.2) is 41.9 Å². The van der Waals surface area contributed by atoms with Crippen molar-refractivity contribution in [3.8, 4) is 0 Å². The van der Waals surface area contributed by atoms with Crippen molar-refractivity contribution in [2.75, 3.05) is 12.8 Å². The maximum absolute atomic E-state index is 11.6. The van der Waals surface area contributed by atoms with Crippen molar-refractivity contribution >= 4 is 15.9 Å². The molecule has 108 valence electrons. The molecule has 1 amide bonds. The maximum Gasteiger partial charge on any atom is 0.235 e. The van der Waals surface area contributed by atoms with Gasteiger partial charge in [-0.1, -0.05) is 6.92 Å². The maximum atomic E-state index is 11.6. The molecule has 1 atom stereocenters. The van der Waals surface area contributed by atoms with Crippen LogP contribution in [0.5, 0.6) is 0 Å². The summed E-state index contributed by atoms with van der Waals surface area (Å²) in [4.78, 5) is 15.7. The van der Waals surface area contributed by atoms with E-state index in [2.05, 4.69) is 20.1 Å². The number of aromatic nitrogens is 3. The standard InChI is InChI=1S/C10H19N5O3S/c1-4-5-15-10(11-7-12-15)8(2)14-9(16)6-13-19(3,17)18/h7-8,13H,4-6H2,1-3H3,(H,14,16). The average Bonchev–Trinajstić information content (AvgIpc) is 2.74. The molecule has 0 bridgehead atoms. The molecule has 1 heterocycles. The Morgan fingerprint density at radius 2 is 2.21 bits per heavy atom. The normalized spacial score (nSPS) is 13.2. The fourth-order valence-electron chi connectivity index (χ4n) is 1.55. The molecule has 0 aliphatic heterocycles. The van der Waals surface area contributed by atoms with Crippen LogP contribution < -0.4 is 10.0 Å². The van der Waals surface area contributed by atoms with E-state index in [0.717, 1.165) is 19.2 Å². The molecule has 9 heteroatoms. The van der Waals surface area contributed by atoms with E-state index < -0.39 is 15.9 Å². The first kappa shape index (κ1) is 15.6. The molecular formula is C10H19N5O3S. The summed E-state index contributed by atoms with van der Waals surface area (Å²) in [5.74, 6) is 0.235. The zero-order valence-corrected chi connectivity index (χ0v) is 12.1. The van der Waals surface area contributed by atoms with E-state index in [-0.39, 0.29) is 12.6 Å². The summed E-state index contributed by atoms with van der Waals surface area (Å²) in [5, 5.41) is 6.73. The minimum Gasteiger partial charge on any atom is -0.345 e. The van der Waals surface area contributed by atoms with Gasteiger partial charge in [0.15, 0.2) is 0 Å². The van der Waals surface area contributed by atoms with Gasteiger partial charge >= 0.3 is 0 Å². The molecule has 0 aromatic carbocycles. The highest BCUT2D eigenvalue weighted by molar-refractivity contribution is 7.88. The second-order valence-corrected chi connectivity index (χ2v) is 6.06. The summed E-state index contributed by atoms with van der Waals surface area (Å²) in [5.41, 5.74) is 0. The molecule has 0 aliphatic carbocycles. The monoisotopic (exact) mass is 289 g/mol. The van der Waals surface area contributed by atoms with Crippen LogP contribution in [0.1, 0.15) is 32.1 Å². The van der Waals surface area contributed by atoms with Gasteiger partial charge in [-0.2, -0.15) is 5.10 Å². The Morgan fingerprint density at radius 1 is 1.53 bits per heavy atom. The van der Waals surface area contributed by atoms with Crippen LogP contribution in [0.2, 0.25) is 0 Å². The van der Waals surface area contributed by atoms with Crippen LogP contribution in [0, 0.1) is 0 Å². The molecule has 0 radical (unpaired) electrons. The molecule has 2 N–H and O–H groups in total. The number of sulfonamides is 1. The van der Waals surface area contributed by atoms with Crippen LogP contribution in [0.15, 0.2) is 6.33 Å². The van der Waals surface area contributed by atoms with Crippen molar-refractivity contribution < 1.29 is 13.2 Å². The Labute approximate surface area is 112 Å². The Morgan fingerprint density at radius 3 is 2.79 bits per heavy atom. The highest BCUT2D eigenvalue weighted by Gasteiger charge is 2.15. The summed E-state index contributed by atoms with van der Waals surface area (Å²) in [6, 6.07) is -0.331. The second-order valence-electron chi connectivity index (χ2n) is 4.22. The summed E-state index contributed by atoms with van der Waals surface area (Å²) < 4.78 is 25.6. The molecule has 0 aliphatic rings. The highest BCUT2D eigenvalue weighted by atomic mass is 32.2. The summed E-state index contributed by atoms with van der Waals surface area (Å²) in [6.45, 7) is 4.22. The number of amides is 1. The number of hydrogen-bond donors (Lipinski definition) is 2. The van der Waals surface area contributed by atoms with Gasteiger partial charge in [-0.25, -0.2) is 22.8 Å². The van der Waals surface area contributed by atoms with Crippen molar-refractivity contribution in [1.82, 2.24) is 24.8 Å². The van der Waals surface area contributed by atoms with Crippen molar-refractivity contribution in [3.63, 3.8) is 0 Å². The van der Waals surface area contributed by atoms with Gasteiger partial charge < -0.3 is 5.32 Å². The topological polar surface area (TPSA) is 106 Å². The zero-order chi connectivity index (χ0) is 14.5. The molecule has 1 unspecified atom stereocenters. The summed E-state index contributed by atoms with van der Waals surface area (Å²) in [7, 11) is -3.37. The third-order valence-electron chi connectivity index (χ3n) is 2.34. The van der Waals surface area contributed by atoms with E-state index in [1.807, 2.05) is 6.92 Å². The molecule has 0 saturated carbocycles. The van der Waals surface area contributed by atoms with Gasteiger partial charge in [0.1, 0.15) is 12.2 Å². The number of carbonyl (C=O) groups is 1. The average molecular weight is 289 g/mol. The van der Waals surface area contributed by atoms with Crippen molar-refractivity contribution in [2.45, 2.75) is 32.9 Å². The highest BCUT2D eigenvalue weighted by Crippen LogP contribution is 2.08. The Bertz CT molecular complexity index is 525. The predicted molar refractivity (Wildman–Crippen MR) is 69.7 cm³/mol. The van der Waals surface area contributed by atoms with Crippen LogP contribution >= 0.6 is 0 Å². The number of nitrogens with zero attached hydrogens (tertiary/aromatic N) is 3. The van der Waals surface area contributed by atoms with Gasteiger partial charge in [0.2, 0.25) is 15.9 Å². The first-order valence-corrected chi connectivity index (χ1v) is 7.84. The lowest BCUT2D eigenvalue weighted by Gasteiger charge is -2.14. The number of rotatable bonds is 7. The first-order valence-electron chi connectivity index (χ1n) is 5.95. The van der Waals surface area contributed by atoms with Gasteiger partial charge in [0.05, 0.1) is 18.8 Å². The van der Waals surface area contributed by atoms with Gasteiger partial charge in [0.25, 0.3) is 0 Å². The molecule has 0 spiro atoms. The Balaban J connectivity index is 2.56. The van der Waals surface area contributed by atoms with Gasteiger partial charge in [-0.3, -0.25) is 4.79 Å². The smallest absolute Gasteiger partial charge is 0.235 e. The number of hydrogen-bond acceptors (Lipinski definition) is 5. The van der Waals surface area contributed by atoms with Crippen LogP contribution in [0.3, 0.4) is 0 Å². The number of aryl methyl sites for hydroxylation is 1. The molecule has 0 fully saturated rings. The Kier molecular flexibility index (Phi) is 5.43. The molecule has 1 rings (SSSR count). The SMILES string of the molecule is CCCn1ncnc1C(C)NC(=O)CNS(C)(=O)=O. The van der Waals surface area contributed by atoms with Crippen molar-refractivity contribution in [2.24, 2.45) is 0 Å². The minimum atomic E-state index is -3.37. The Hall–Kier alpha value is -1.48. The molecule has 8 nitrogen and oxygen atoms in total. The van der Waals surface area contributed by atoms with Gasteiger partial charge in [-0.15, -0.1) is 0 Å². The predicted octanol–water partition coefficient (Wildman–Crippen LogP) is -0.585. The van der Waals surface area contributed by atoms with Crippen LogP contribution in [0.25, 0.3) is 0 Å². The van der Waals surface area contributed by atoms with E-state index in [0.29, 0.717) is 5.82 Å². The van der Waals surface area contributed by atoms with Crippen molar-refractivity contribution in [3.05, 3.63) is 12.2 Å². The first-order chi connectivity index (χ1) is 8.83. The molecular weight excluding hydrogens is 270 g/mol. The van der Waals surface area contributed by atoms with Crippen LogP contribution in [-0.2, 0) is 21.4 Å². The largest absolute Gasteiger partial charge is 0.345 e. The second kappa shape index (κ2) is 6.62. The molecule has 1 aromatic rings. The van der Waals surface area contributed by atoms with E-state index in [1.54, 1.807) is 11.6 Å². The van der Waals surface area contributed by atoms with E-state index in [9.17, 15) is 13.2 Å². The third-order valence-corrected chi connectivity index (χ3v) is 3.01. The fourth-order valence-corrected chi connectivity index (χ4v) is 1.94. The lowest BCUT2D eigenvalue weighted by Crippen LogP contribution is -2.38.